The molecule has 3 nitrogen and oxygen atoms in total. The summed E-state index contributed by atoms with van der Waals surface area (Å²) in [6.07, 6.45) is 1.80. The van der Waals surface area contributed by atoms with E-state index in [9.17, 15) is 4.79 Å². The molecule has 0 radical (unpaired) electrons. The molecular weight excluding hydrogens is 469 g/mol. The van der Waals surface area contributed by atoms with Gasteiger partial charge in [-0.2, -0.15) is 0 Å². The number of thiocarbonyl (C=S) groups is 1. The van der Waals surface area contributed by atoms with Crippen LogP contribution in [0.2, 0.25) is 10.0 Å². The molecule has 3 aromatic carbocycles. The minimum absolute atomic E-state index is 0.143. The van der Waals surface area contributed by atoms with Gasteiger partial charge >= 0.3 is 0 Å². The van der Waals surface area contributed by atoms with Crippen LogP contribution in [0.1, 0.15) is 28.3 Å². The third-order valence-corrected chi connectivity index (χ3v) is 7.36. The lowest BCUT2D eigenvalue weighted by atomic mass is 9.92. The van der Waals surface area contributed by atoms with E-state index in [1.165, 1.54) is 11.8 Å². The summed E-state index contributed by atoms with van der Waals surface area (Å²) in [4.78, 5) is 15.8. The first-order chi connectivity index (χ1) is 14.9. The zero-order valence-corrected chi connectivity index (χ0v) is 19.4. The highest BCUT2D eigenvalue weighted by atomic mass is 35.5. The maximum atomic E-state index is 13.5. The Morgan fingerprint density at radius 1 is 1.03 bits per heavy atom. The summed E-state index contributed by atoms with van der Waals surface area (Å²) in [6.45, 7) is 2.00. The molecule has 2 aliphatic rings. The smallest absolute Gasteiger partial charge is 0.267 e. The van der Waals surface area contributed by atoms with Gasteiger partial charge in [-0.15, -0.1) is 0 Å². The van der Waals surface area contributed by atoms with Crippen molar-refractivity contribution >= 4 is 63.5 Å². The third-order valence-electron chi connectivity index (χ3n) is 5.29. The molecule has 2 aliphatic heterocycles. The van der Waals surface area contributed by atoms with Crippen LogP contribution in [-0.4, -0.2) is 15.1 Å². The van der Waals surface area contributed by atoms with Crippen LogP contribution in [0, 0.1) is 6.92 Å². The second-order valence-electron chi connectivity index (χ2n) is 7.26. The van der Waals surface area contributed by atoms with Crippen molar-refractivity contribution in [3.63, 3.8) is 0 Å². The molecule has 0 unspecified atom stereocenters. The van der Waals surface area contributed by atoms with Gasteiger partial charge in [0.25, 0.3) is 5.91 Å². The lowest BCUT2D eigenvalue weighted by Gasteiger charge is -2.34. The summed E-state index contributed by atoms with van der Waals surface area (Å²) in [5, 5.41) is 0.908. The molecule has 1 fully saturated rings. The maximum Gasteiger partial charge on any atom is 0.267 e. The van der Waals surface area contributed by atoms with E-state index in [2.05, 4.69) is 0 Å². The summed E-state index contributed by atoms with van der Waals surface area (Å²) >= 11 is 19.1. The number of ether oxygens (including phenoxy) is 1. The van der Waals surface area contributed by atoms with Crippen molar-refractivity contribution in [1.29, 1.82) is 0 Å². The van der Waals surface area contributed by atoms with E-state index in [0.29, 0.717) is 19.3 Å². The lowest BCUT2D eigenvalue weighted by molar-refractivity contribution is -0.123. The highest BCUT2D eigenvalue weighted by Gasteiger charge is 2.42. The maximum absolute atomic E-state index is 13.5. The fraction of sp³-hybridized carbons (Fsp3) is 0.0833. The molecule has 1 atom stereocenters. The largest absolute Gasteiger partial charge is 0.456 e. The first-order valence-electron chi connectivity index (χ1n) is 9.52. The molecule has 0 aliphatic carbocycles. The second kappa shape index (κ2) is 7.99. The monoisotopic (exact) mass is 483 g/mol. The summed E-state index contributed by atoms with van der Waals surface area (Å²) in [7, 11) is 0. The van der Waals surface area contributed by atoms with Gasteiger partial charge in [0.2, 0.25) is 0 Å². The van der Waals surface area contributed by atoms with Gasteiger partial charge in [-0.1, -0.05) is 89.6 Å². The number of rotatable bonds is 2. The quantitative estimate of drug-likeness (QED) is 0.280. The SMILES string of the molecule is Cc1cccc2c1Oc1ccccc1[C@H]2N1C(=O)/C(=C\c2ccc(Cl)c(Cl)c2)SC1=S. The summed E-state index contributed by atoms with van der Waals surface area (Å²) in [5.41, 5.74) is 3.63. The Hall–Kier alpha value is -2.31. The molecule has 0 N–H and O–H groups in total. The molecule has 154 valence electrons. The fourth-order valence-corrected chi connectivity index (χ4v) is 5.46. The Balaban J connectivity index is 1.60. The van der Waals surface area contributed by atoms with E-state index in [-0.39, 0.29) is 11.9 Å². The number of amides is 1. The van der Waals surface area contributed by atoms with Gasteiger partial charge in [0.05, 0.1) is 21.0 Å². The Bertz CT molecular complexity index is 1290. The average molecular weight is 484 g/mol. The molecule has 3 aromatic rings. The van der Waals surface area contributed by atoms with Crippen LogP contribution in [0.15, 0.2) is 65.6 Å². The zero-order chi connectivity index (χ0) is 21.7. The number of nitrogens with zero attached hydrogens (tertiary/aromatic N) is 1. The van der Waals surface area contributed by atoms with Gasteiger partial charge < -0.3 is 4.74 Å². The predicted molar refractivity (Wildman–Crippen MR) is 131 cm³/mol. The molecule has 1 amide bonds. The Morgan fingerprint density at radius 3 is 2.61 bits per heavy atom. The van der Waals surface area contributed by atoms with Crippen LogP contribution in [0.5, 0.6) is 11.5 Å². The zero-order valence-electron chi connectivity index (χ0n) is 16.3. The van der Waals surface area contributed by atoms with Gasteiger partial charge in [0.1, 0.15) is 15.8 Å². The lowest BCUT2D eigenvalue weighted by Crippen LogP contribution is -2.35. The second-order valence-corrected chi connectivity index (χ2v) is 9.75. The van der Waals surface area contributed by atoms with Crippen LogP contribution >= 0.6 is 47.2 Å². The van der Waals surface area contributed by atoms with Crippen molar-refractivity contribution in [3.8, 4) is 11.5 Å². The Labute approximate surface area is 199 Å². The molecule has 31 heavy (non-hydrogen) atoms. The van der Waals surface area contributed by atoms with Crippen LogP contribution < -0.4 is 4.74 Å². The van der Waals surface area contributed by atoms with E-state index in [0.717, 1.165) is 33.8 Å². The number of carbonyl (C=O) groups is 1. The van der Waals surface area contributed by atoms with Gasteiger partial charge in [-0.3, -0.25) is 9.69 Å². The van der Waals surface area contributed by atoms with Gasteiger partial charge in [-0.25, -0.2) is 0 Å². The number of thioether (sulfide) groups is 1. The third kappa shape index (κ3) is 3.56. The highest BCUT2D eigenvalue weighted by molar-refractivity contribution is 8.26. The van der Waals surface area contributed by atoms with Crippen molar-refractivity contribution in [2.45, 2.75) is 13.0 Å². The van der Waals surface area contributed by atoms with Crippen molar-refractivity contribution in [2.24, 2.45) is 0 Å². The molecule has 5 rings (SSSR count). The normalized spacial score (nSPS) is 18.7. The van der Waals surface area contributed by atoms with Crippen molar-refractivity contribution in [3.05, 3.63) is 97.9 Å². The number of aryl methyl sites for hydroxylation is 1. The van der Waals surface area contributed by atoms with Crippen molar-refractivity contribution in [1.82, 2.24) is 4.90 Å². The molecule has 0 spiro atoms. The standard InChI is InChI=1S/C24H15Cl2NO2S2/c1-13-5-4-7-16-21(15-6-2-3-8-19(15)29-22(13)16)27-23(28)20(31-24(27)30)12-14-9-10-17(25)18(26)11-14/h2-12,21H,1H3/b20-12+/t21-/m1/s1. The fourth-order valence-electron chi connectivity index (χ4n) is 3.84. The van der Waals surface area contributed by atoms with E-state index >= 15 is 0 Å². The molecule has 7 heteroatoms. The molecule has 0 saturated carbocycles. The van der Waals surface area contributed by atoms with E-state index in [1.54, 1.807) is 23.1 Å². The number of benzene rings is 3. The average Bonchev–Trinajstić information content (AvgIpc) is 3.02. The number of hydrogen-bond donors (Lipinski definition) is 0. The van der Waals surface area contributed by atoms with E-state index < -0.39 is 0 Å². The summed E-state index contributed by atoms with van der Waals surface area (Å²) < 4.78 is 6.69. The van der Waals surface area contributed by atoms with Crippen molar-refractivity contribution in [2.75, 3.05) is 0 Å². The number of carbonyl (C=O) groups excluding carboxylic acids is 1. The Kier molecular flexibility index (Phi) is 5.30. The Morgan fingerprint density at radius 2 is 1.81 bits per heavy atom. The van der Waals surface area contributed by atoms with Gasteiger partial charge in [0.15, 0.2) is 0 Å². The van der Waals surface area contributed by atoms with E-state index in [4.69, 9.17) is 40.2 Å². The minimum Gasteiger partial charge on any atom is -0.456 e. The molecular formula is C24H15Cl2NO2S2. The van der Waals surface area contributed by atoms with Crippen LogP contribution in [0.4, 0.5) is 0 Å². The highest BCUT2D eigenvalue weighted by Crippen LogP contribution is 2.50. The topological polar surface area (TPSA) is 29.5 Å². The van der Waals surface area contributed by atoms with E-state index in [1.807, 2.05) is 55.5 Å². The number of fused-ring (bicyclic) bond motifs is 2. The predicted octanol–water partition coefficient (Wildman–Crippen LogP) is 7.40. The molecule has 2 heterocycles. The van der Waals surface area contributed by atoms with Crippen LogP contribution in [0.3, 0.4) is 0 Å². The summed E-state index contributed by atoms with van der Waals surface area (Å²) in [5.74, 6) is 1.36. The molecule has 1 saturated heterocycles. The number of para-hydroxylation sites is 2. The first kappa shape index (κ1) is 20.6. The minimum atomic E-state index is -0.355. The number of hydrogen-bond acceptors (Lipinski definition) is 4. The van der Waals surface area contributed by atoms with Gasteiger partial charge in [-0.05, 0) is 42.3 Å². The molecule has 0 aromatic heterocycles. The first-order valence-corrected chi connectivity index (χ1v) is 11.5. The van der Waals surface area contributed by atoms with Crippen molar-refractivity contribution < 1.29 is 9.53 Å². The van der Waals surface area contributed by atoms with Gasteiger partial charge in [0, 0.05) is 11.1 Å². The summed E-state index contributed by atoms with van der Waals surface area (Å²) in [6, 6.07) is 18.6. The van der Waals surface area contributed by atoms with Crippen LogP contribution in [-0.2, 0) is 4.79 Å². The molecule has 0 bridgehead atoms. The van der Waals surface area contributed by atoms with Crippen LogP contribution in [0.25, 0.3) is 6.08 Å². The number of halogens is 2.